The number of aryl methyl sites for hydroxylation is 1. The molecule has 2 heterocycles. The van der Waals surface area contributed by atoms with Crippen LogP contribution in [0.4, 0.5) is 5.13 Å². The molecule has 0 saturated heterocycles. The number of aromatic nitrogens is 3. The number of carbonyl (C=O) groups is 1. The molecule has 1 amide bonds. The molecule has 2 aromatic heterocycles. The Bertz CT molecular complexity index is 1400. The average Bonchev–Trinajstić information content (AvgIpc) is 3.35. The van der Waals surface area contributed by atoms with Crippen LogP contribution in [0.2, 0.25) is 0 Å². The number of nitrogens with one attached hydrogen (secondary N) is 1. The fourth-order valence-corrected chi connectivity index (χ4v) is 4.60. The smallest absolute Gasteiger partial charge is 0.268 e. The topological polar surface area (TPSA) is 136 Å². The fourth-order valence-electron chi connectivity index (χ4n) is 3.16. The van der Waals surface area contributed by atoms with Crippen molar-refractivity contribution in [3.63, 3.8) is 0 Å². The number of rotatable bonds is 7. The molecule has 0 unspecified atom stereocenters. The Morgan fingerprint density at radius 1 is 1.24 bits per heavy atom. The number of carbonyl (C=O) groups excluding carboxylic acids is 1. The molecule has 3 aromatic rings. The van der Waals surface area contributed by atoms with E-state index in [9.17, 15) is 18.5 Å². The van der Waals surface area contributed by atoms with Gasteiger partial charge < -0.3 is 14.0 Å². The first kappa shape index (κ1) is 24.0. The number of hydrogen-bond donors (Lipinski definition) is 1. The van der Waals surface area contributed by atoms with Crippen LogP contribution in [0.15, 0.2) is 35.0 Å². The number of anilines is 1. The van der Waals surface area contributed by atoms with Gasteiger partial charge in [0.05, 0.1) is 19.9 Å². The molecule has 0 atom stereocenters. The molecule has 33 heavy (non-hydrogen) atoms. The van der Waals surface area contributed by atoms with Crippen molar-refractivity contribution in [2.75, 3.05) is 25.8 Å². The molecule has 0 fully saturated rings. The lowest BCUT2D eigenvalue weighted by molar-refractivity contribution is -0.112. The Balaban J connectivity index is 1.97. The highest BCUT2D eigenvalue weighted by molar-refractivity contribution is 7.90. The van der Waals surface area contributed by atoms with Gasteiger partial charge in [-0.15, -0.1) is 0 Å². The number of hydrogen-bond acceptors (Lipinski definition) is 9. The quantitative estimate of drug-likeness (QED) is 0.397. The third kappa shape index (κ3) is 5.05. The van der Waals surface area contributed by atoms with Crippen LogP contribution in [0, 0.1) is 25.2 Å². The van der Waals surface area contributed by atoms with Crippen LogP contribution in [0.1, 0.15) is 17.0 Å². The van der Waals surface area contributed by atoms with Gasteiger partial charge in [-0.2, -0.15) is 14.6 Å². The summed E-state index contributed by atoms with van der Waals surface area (Å²) in [6, 6.07) is 9.13. The number of nitrogens with zero attached hydrogens (tertiary/aromatic N) is 4. The number of benzene rings is 1. The minimum Gasteiger partial charge on any atom is -0.497 e. The summed E-state index contributed by atoms with van der Waals surface area (Å²) in [5.74, 6) is 0.555. The Labute approximate surface area is 195 Å². The minimum atomic E-state index is -3.60. The number of amides is 1. The predicted octanol–water partition coefficient (Wildman–Crippen LogP) is 2.91. The lowest BCUT2D eigenvalue weighted by Crippen LogP contribution is -2.13. The molecule has 0 bridgehead atoms. The zero-order valence-corrected chi connectivity index (χ0v) is 20.2. The normalized spacial score (nSPS) is 11.7. The highest BCUT2D eigenvalue weighted by Gasteiger charge is 2.19. The summed E-state index contributed by atoms with van der Waals surface area (Å²) < 4.78 is 39.5. The number of ether oxygens (including phenoxy) is 2. The predicted molar refractivity (Wildman–Crippen MR) is 124 cm³/mol. The first-order chi connectivity index (χ1) is 15.6. The number of methoxy groups -OCH3 is 2. The van der Waals surface area contributed by atoms with E-state index < -0.39 is 15.7 Å². The van der Waals surface area contributed by atoms with Crippen molar-refractivity contribution in [2.24, 2.45) is 0 Å². The maximum atomic E-state index is 12.6. The lowest BCUT2D eigenvalue weighted by atomic mass is 10.1. The van der Waals surface area contributed by atoms with Gasteiger partial charge in [-0.25, -0.2) is 8.42 Å². The molecule has 1 aromatic carbocycles. The first-order valence-corrected chi connectivity index (χ1v) is 12.1. The van der Waals surface area contributed by atoms with Gasteiger partial charge in [0.15, 0.2) is 0 Å². The highest BCUT2D eigenvalue weighted by Crippen LogP contribution is 2.32. The summed E-state index contributed by atoms with van der Waals surface area (Å²) in [4.78, 5) is 16.4. The second kappa shape index (κ2) is 9.43. The average molecular weight is 488 g/mol. The molecular weight excluding hydrogens is 466 g/mol. The van der Waals surface area contributed by atoms with Crippen molar-refractivity contribution in [3.8, 4) is 23.3 Å². The molecule has 0 radical (unpaired) electrons. The Morgan fingerprint density at radius 3 is 2.55 bits per heavy atom. The van der Waals surface area contributed by atoms with E-state index >= 15 is 0 Å². The van der Waals surface area contributed by atoms with E-state index in [1.54, 1.807) is 26.4 Å². The Hall–Kier alpha value is -3.69. The van der Waals surface area contributed by atoms with Crippen LogP contribution in [-0.2, 0) is 14.6 Å². The van der Waals surface area contributed by atoms with Crippen molar-refractivity contribution in [3.05, 3.63) is 46.8 Å². The van der Waals surface area contributed by atoms with Gasteiger partial charge in [0.25, 0.3) is 11.1 Å². The third-order valence-electron chi connectivity index (χ3n) is 4.72. The van der Waals surface area contributed by atoms with Gasteiger partial charge in [-0.05, 0) is 43.7 Å². The molecule has 12 heteroatoms. The van der Waals surface area contributed by atoms with E-state index in [2.05, 4.69) is 14.7 Å². The third-order valence-corrected chi connectivity index (χ3v) is 6.31. The van der Waals surface area contributed by atoms with E-state index in [1.165, 1.54) is 6.08 Å². The van der Waals surface area contributed by atoms with Crippen LogP contribution < -0.4 is 14.8 Å². The summed E-state index contributed by atoms with van der Waals surface area (Å²) >= 11 is 0.715. The first-order valence-electron chi connectivity index (χ1n) is 9.47. The van der Waals surface area contributed by atoms with E-state index in [0.29, 0.717) is 28.6 Å². The maximum Gasteiger partial charge on any atom is 0.268 e. The zero-order valence-electron chi connectivity index (χ0n) is 18.5. The second-order valence-electron chi connectivity index (χ2n) is 6.98. The van der Waals surface area contributed by atoms with E-state index in [1.807, 2.05) is 36.6 Å². The molecule has 10 nitrogen and oxygen atoms in total. The SMILES string of the molecule is COc1ccc(OC)c(-n2c(C)cc(/C=C(/C#N)C(=O)Nc3nc(S(C)(=O)=O)ns3)c2C)c1. The van der Waals surface area contributed by atoms with Gasteiger partial charge in [-0.3, -0.25) is 10.1 Å². The van der Waals surface area contributed by atoms with Gasteiger partial charge in [-0.1, -0.05) is 0 Å². The van der Waals surface area contributed by atoms with Crippen LogP contribution >= 0.6 is 11.5 Å². The molecule has 0 saturated carbocycles. The molecule has 0 spiro atoms. The van der Waals surface area contributed by atoms with E-state index in [-0.39, 0.29) is 15.9 Å². The molecule has 3 rings (SSSR count). The van der Waals surface area contributed by atoms with Crippen molar-refractivity contribution in [1.29, 1.82) is 5.26 Å². The molecule has 0 aliphatic heterocycles. The minimum absolute atomic E-state index is 0.0202. The van der Waals surface area contributed by atoms with Crippen LogP contribution in [0.5, 0.6) is 11.5 Å². The van der Waals surface area contributed by atoms with Gasteiger partial charge in [0, 0.05) is 35.2 Å². The zero-order chi connectivity index (χ0) is 24.3. The molecule has 0 aliphatic carbocycles. The second-order valence-corrected chi connectivity index (χ2v) is 9.64. The highest BCUT2D eigenvalue weighted by atomic mass is 32.2. The van der Waals surface area contributed by atoms with Gasteiger partial charge >= 0.3 is 0 Å². The fraction of sp³-hybridized carbons (Fsp3) is 0.238. The molecule has 0 aliphatic rings. The monoisotopic (exact) mass is 487 g/mol. The van der Waals surface area contributed by atoms with E-state index in [4.69, 9.17) is 9.47 Å². The molecule has 172 valence electrons. The van der Waals surface area contributed by atoms with E-state index in [0.717, 1.165) is 23.3 Å². The lowest BCUT2D eigenvalue weighted by Gasteiger charge is -2.15. The number of nitriles is 1. The van der Waals surface area contributed by atoms with Gasteiger partial charge in [0.1, 0.15) is 23.1 Å². The summed E-state index contributed by atoms with van der Waals surface area (Å²) in [6.45, 7) is 3.75. The summed E-state index contributed by atoms with van der Waals surface area (Å²) in [5.41, 5.74) is 2.85. The van der Waals surface area contributed by atoms with Crippen molar-refractivity contribution < 1.29 is 22.7 Å². The Morgan fingerprint density at radius 2 is 1.97 bits per heavy atom. The number of sulfone groups is 1. The summed E-state index contributed by atoms with van der Waals surface area (Å²) in [7, 11) is -0.458. The van der Waals surface area contributed by atoms with Crippen LogP contribution in [-0.4, -0.2) is 48.7 Å². The van der Waals surface area contributed by atoms with Crippen LogP contribution in [0.3, 0.4) is 0 Å². The summed E-state index contributed by atoms with van der Waals surface area (Å²) in [5, 5.41) is 11.6. The van der Waals surface area contributed by atoms with Crippen molar-refractivity contribution in [1.82, 2.24) is 13.9 Å². The maximum absolute atomic E-state index is 12.6. The molecule has 1 N–H and O–H groups in total. The van der Waals surface area contributed by atoms with Crippen molar-refractivity contribution in [2.45, 2.75) is 19.0 Å². The van der Waals surface area contributed by atoms with Gasteiger partial charge in [0.2, 0.25) is 15.0 Å². The standard InChI is InChI=1S/C21H21N5O5S2/c1-12-8-14(13(2)26(12)17-10-16(30-3)6-7-18(17)31-4)9-15(11-22)19(27)23-20-24-21(25-32-20)33(5,28)29/h6-10H,1-5H3,(H,23,24,25,27)/b15-9-. The van der Waals surface area contributed by atoms with Crippen molar-refractivity contribution >= 4 is 38.5 Å². The molecular formula is C21H21N5O5S2. The Kier molecular flexibility index (Phi) is 6.85. The summed E-state index contributed by atoms with van der Waals surface area (Å²) in [6.07, 6.45) is 2.42. The largest absolute Gasteiger partial charge is 0.497 e. The van der Waals surface area contributed by atoms with Crippen LogP contribution in [0.25, 0.3) is 11.8 Å².